The normalized spacial score (nSPS) is 10.9. The third-order valence-electron chi connectivity index (χ3n) is 3.41. The molecule has 0 bridgehead atoms. The minimum atomic E-state index is 0.837. The minimum absolute atomic E-state index is 0.837. The number of hydrogen-bond donors (Lipinski definition) is 0. The highest BCUT2D eigenvalue weighted by Gasteiger charge is 1.98. The van der Waals surface area contributed by atoms with Crippen LogP contribution >= 0.6 is 0 Å². The maximum atomic E-state index is 5.27. The van der Waals surface area contributed by atoms with E-state index in [0.717, 1.165) is 23.5 Å². The molecule has 2 nitrogen and oxygen atoms in total. The van der Waals surface area contributed by atoms with E-state index in [1.807, 2.05) is 18.2 Å². The molecule has 2 heteroatoms. The lowest BCUT2D eigenvalue weighted by Crippen LogP contribution is -1.88. The Bertz CT molecular complexity index is 374. The van der Waals surface area contributed by atoms with Crippen molar-refractivity contribution in [1.82, 2.24) is 0 Å². The van der Waals surface area contributed by atoms with Gasteiger partial charge in [0.05, 0.1) is 14.2 Å². The first-order chi connectivity index (χ1) is 9.80. The van der Waals surface area contributed by atoms with E-state index in [9.17, 15) is 0 Å². The molecule has 0 N–H and O–H groups in total. The third kappa shape index (κ3) is 6.65. The Hall–Kier alpha value is -1.44. The molecule has 0 heterocycles. The van der Waals surface area contributed by atoms with Crippen LogP contribution in [0.5, 0.6) is 11.5 Å². The van der Waals surface area contributed by atoms with Crippen molar-refractivity contribution in [2.45, 2.75) is 51.9 Å². The van der Waals surface area contributed by atoms with Crippen molar-refractivity contribution in [1.29, 1.82) is 0 Å². The molecular weight excluding hydrogens is 248 g/mol. The molecular formula is C18H28O2. The molecule has 1 aromatic rings. The second-order valence-electron chi connectivity index (χ2n) is 5.10. The monoisotopic (exact) mass is 276 g/mol. The Morgan fingerprint density at radius 1 is 0.850 bits per heavy atom. The van der Waals surface area contributed by atoms with Gasteiger partial charge in [0.25, 0.3) is 0 Å². The van der Waals surface area contributed by atoms with Gasteiger partial charge in [-0.05, 0) is 30.5 Å². The Labute approximate surface area is 123 Å². The summed E-state index contributed by atoms with van der Waals surface area (Å²) in [5, 5.41) is 0. The van der Waals surface area contributed by atoms with Gasteiger partial charge in [0.15, 0.2) is 0 Å². The lowest BCUT2D eigenvalue weighted by Gasteiger charge is -2.05. The predicted molar refractivity (Wildman–Crippen MR) is 86.6 cm³/mol. The van der Waals surface area contributed by atoms with Gasteiger partial charge < -0.3 is 9.47 Å². The van der Waals surface area contributed by atoms with Gasteiger partial charge in [-0.3, -0.25) is 0 Å². The van der Waals surface area contributed by atoms with Gasteiger partial charge in [-0.1, -0.05) is 51.2 Å². The summed E-state index contributed by atoms with van der Waals surface area (Å²) in [6, 6.07) is 5.95. The molecule has 112 valence electrons. The summed E-state index contributed by atoms with van der Waals surface area (Å²) in [5.41, 5.74) is 1.13. The van der Waals surface area contributed by atoms with Gasteiger partial charge in [0, 0.05) is 6.07 Å². The summed E-state index contributed by atoms with van der Waals surface area (Å²) in [7, 11) is 3.36. The zero-order chi connectivity index (χ0) is 14.6. The quantitative estimate of drug-likeness (QED) is 0.528. The number of rotatable bonds is 10. The maximum Gasteiger partial charge on any atom is 0.123 e. The van der Waals surface area contributed by atoms with Crippen molar-refractivity contribution in [2.24, 2.45) is 0 Å². The molecule has 0 radical (unpaired) electrons. The van der Waals surface area contributed by atoms with E-state index in [1.54, 1.807) is 14.2 Å². The fourth-order valence-corrected chi connectivity index (χ4v) is 2.19. The Kier molecular flexibility index (Phi) is 8.61. The van der Waals surface area contributed by atoms with Crippen molar-refractivity contribution < 1.29 is 9.47 Å². The molecule has 0 aromatic heterocycles. The van der Waals surface area contributed by atoms with Crippen LogP contribution < -0.4 is 9.47 Å². The van der Waals surface area contributed by atoms with Crippen LogP contribution in [0.25, 0.3) is 6.08 Å². The van der Waals surface area contributed by atoms with Crippen molar-refractivity contribution in [3.8, 4) is 11.5 Å². The molecule has 0 spiro atoms. The van der Waals surface area contributed by atoms with E-state index < -0.39 is 0 Å². The van der Waals surface area contributed by atoms with Crippen LogP contribution in [0.4, 0.5) is 0 Å². The Morgan fingerprint density at radius 3 is 2.05 bits per heavy atom. The maximum absolute atomic E-state index is 5.27. The predicted octanol–water partition coefficient (Wildman–Crippen LogP) is 5.47. The number of unbranched alkanes of at least 4 members (excludes halogenated alkanes) is 6. The van der Waals surface area contributed by atoms with Crippen molar-refractivity contribution in [3.63, 3.8) is 0 Å². The minimum Gasteiger partial charge on any atom is -0.497 e. The van der Waals surface area contributed by atoms with Crippen LogP contribution in [0.15, 0.2) is 24.3 Å². The average Bonchev–Trinajstić information content (AvgIpc) is 2.49. The van der Waals surface area contributed by atoms with Crippen LogP contribution in [0.1, 0.15) is 57.4 Å². The standard InChI is InChI=1S/C18H28O2/c1-4-5-6-7-8-9-10-11-12-16-13-17(19-2)15-18(14-16)20-3/h11-15H,4-10H2,1-3H3/b12-11+. The van der Waals surface area contributed by atoms with Gasteiger partial charge in [-0.2, -0.15) is 0 Å². The summed E-state index contributed by atoms with van der Waals surface area (Å²) in [6.07, 6.45) is 13.6. The van der Waals surface area contributed by atoms with Crippen LogP contribution in [-0.2, 0) is 0 Å². The Morgan fingerprint density at radius 2 is 1.45 bits per heavy atom. The summed E-state index contributed by atoms with van der Waals surface area (Å²) >= 11 is 0. The first-order valence-corrected chi connectivity index (χ1v) is 7.69. The summed E-state index contributed by atoms with van der Waals surface area (Å²) in [4.78, 5) is 0. The first kappa shape index (κ1) is 16.6. The highest BCUT2D eigenvalue weighted by molar-refractivity contribution is 5.55. The summed E-state index contributed by atoms with van der Waals surface area (Å²) < 4.78 is 10.5. The first-order valence-electron chi connectivity index (χ1n) is 7.69. The molecule has 0 saturated carbocycles. The smallest absolute Gasteiger partial charge is 0.123 e. The zero-order valence-corrected chi connectivity index (χ0v) is 13.2. The molecule has 0 aliphatic carbocycles. The third-order valence-corrected chi connectivity index (χ3v) is 3.41. The molecule has 0 aliphatic heterocycles. The molecule has 1 rings (SSSR count). The molecule has 0 unspecified atom stereocenters. The van der Waals surface area contributed by atoms with Crippen molar-refractivity contribution in [2.75, 3.05) is 14.2 Å². The molecule has 0 atom stereocenters. The Balaban J connectivity index is 2.34. The number of methoxy groups -OCH3 is 2. The molecule has 0 aliphatic rings. The van der Waals surface area contributed by atoms with Crippen LogP contribution in [0.3, 0.4) is 0 Å². The SMILES string of the molecule is CCCCCCCC/C=C/c1cc(OC)cc(OC)c1. The molecule has 20 heavy (non-hydrogen) atoms. The zero-order valence-electron chi connectivity index (χ0n) is 13.2. The fraction of sp³-hybridized carbons (Fsp3) is 0.556. The van der Waals surface area contributed by atoms with E-state index in [2.05, 4.69) is 19.1 Å². The van der Waals surface area contributed by atoms with E-state index >= 15 is 0 Å². The van der Waals surface area contributed by atoms with E-state index in [-0.39, 0.29) is 0 Å². The van der Waals surface area contributed by atoms with Gasteiger partial charge in [-0.25, -0.2) is 0 Å². The fourth-order valence-electron chi connectivity index (χ4n) is 2.19. The molecule has 1 aromatic carbocycles. The highest BCUT2D eigenvalue weighted by atomic mass is 16.5. The second kappa shape index (κ2) is 10.4. The van der Waals surface area contributed by atoms with Crippen molar-refractivity contribution in [3.05, 3.63) is 29.8 Å². The molecule has 0 saturated heterocycles. The number of benzene rings is 1. The highest BCUT2D eigenvalue weighted by Crippen LogP contribution is 2.23. The number of hydrogen-bond acceptors (Lipinski definition) is 2. The lowest BCUT2D eigenvalue weighted by molar-refractivity contribution is 0.394. The number of allylic oxidation sites excluding steroid dienone is 1. The van der Waals surface area contributed by atoms with Gasteiger partial charge in [0.2, 0.25) is 0 Å². The van der Waals surface area contributed by atoms with Crippen molar-refractivity contribution >= 4 is 6.08 Å². The largest absolute Gasteiger partial charge is 0.497 e. The average molecular weight is 276 g/mol. The van der Waals surface area contributed by atoms with Crippen LogP contribution in [0.2, 0.25) is 0 Å². The molecule has 0 amide bonds. The van der Waals surface area contributed by atoms with E-state index in [4.69, 9.17) is 9.47 Å². The van der Waals surface area contributed by atoms with Gasteiger partial charge in [-0.15, -0.1) is 0 Å². The van der Waals surface area contributed by atoms with Gasteiger partial charge >= 0.3 is 0 Å². The lowest BCUT2D eigenvalue weighted by atomic mass is 10.1. The summed E-state index contributed by atoms with van der Waals surface area (Å²) in [5.74, 6) is 1.67. The molecule has 0 fully saturated rings. The van der Waals surface area contributed by atoms with Crippen LogP contribution in [0, 0.1) is 0 Å². The van der Waals surface area contributed by atoms with Crippen LogP contribution in [-0.4, -0.2) is 14.2 Å². The topological polar surface area (TPSA) is 18.5 Å². The van der Waals surface area contributed by atoms with Gasteiger partial charge in [0.1, 0.15) is 11.5 Å². The second-order valence-corrected chi connectivity index (χ2v) is 5.10. The van der Waals surface area contributed by atoms with E-state index in [1.165, 1.54) is 38.5 Å². The number of ether oxygens (including phenoxy) is 2. The van der Waals surface area contributed by atoms with E-state index in [0.29, 0.717) is 0 Å². The summed E-state index contributed by atoms with van der Waals surface area (Å²) in [6.45, 7) is 2.26.